The second kappa shape index (κ2) is 9.26. The number of nitriles is 1. The zero-order valence-electron chi connectivity index (χ0n) is 15.0. The molecule has 27 heavy (non-hydrogen) atoms. The maximum atomic E-state index is 13.0. The Morgan fingerprint density at radius 2 is 1.89 bits per heavy atom. The molecule has 1 unspecified atom stereocenters. The number of carbonyl (C=O) groups is 1. The van der Waals surface area contributed by atoms with Gasteiger partial charge in [-0.25, -0.2) is 4.39 Å². The summed E-state index contributed by atoms with van der Waals surface area (Å²) in [5.74, 6) is -0.533. The van der Waals surface area contributed by atoms with Gasteiger partial charge in [0.15, 0.2) is 0 Å². The summed E-state index contributed by atoms with van der Waals surface area (Å²) in [5, 5.41) is 15.3. The van der Waals surface area contributed by atoms with Crippen LogP contribution in [0.15, 0.2) is 48.5 Å². The van der Waals surface area contributed by atoms with Gasteiger partial charge in [-0.05, 0) is 41.8 Å². The van der Waals surface area contributed by atoms with Gasteiger partial charge < -0.3 is 15.4 Å². The fourth-order valence-corrected chi connectivity index (χ4v) is 2.99. The predicted octanol–water partition coefficient (Wildman–Crippen LogP) is 2.42. The largest absolute Gasteiger partial charge is 0.367 e. The van der Waals surface area contributed by atoms with Crippen molar-refractivity contribution < 1.29 is 13.9 Å². The molecule has 0 bridgehead atoms. The Hall–Kier alpha value is -2.75. The van der Waals surface area contributed by atoms with E-state index in [4.69, 9.17) is 4.74 Å². The molecular weight excluding hydrogens is 345 g/mol. The number of hydrogen-bond donors (Lipinski definition) is 2. The Kier molecular flexibility index (Phi) is 6.53. The van der Waals surface area contributed by atoms with E-state index in [-0.39, 0.29) is 11.7 Å². The molecule has 0 aromatic heterocycles. The molecule has 140 valence electrons. The quantitative estimate of drug-likeness (QED) is 0.851. The van der Waals surface area contributed by atoms with E-state index in [2.05, 4.69) is 16.7 Å². The molecule has 0 aliphatic carbocycles. The molecule has 3 rings (SSSR count). The van der Waals surface area contributed by atoms with Crippen molar-refractivity contribution in [1.29, 1.82) is 5.26 Å². The molecule has 1 saturated heterocycles. The predicted molar refractivity (Wildman–Crippen MR) is 100 cm³/mol. The highest BCUT2D eigenvalue weighted by atomic mass is 19.1. The monoisotopic (exact) mass is 367 g/mol. The summed E-state index contributed by atoms with van der Waals surface area (Å²) < 4.78 is 18.6. The number of halogens is 1. The minimum Gasteiger partial charge on any atom is -0.367 e. The molecule has 6 heteroatoms. The summed E-state index contributed by atoms with van der Waals surface area (Å²) in [6.45, 7) is 1.81. The van der Waals surface area contributed by atoms with Crippen molar-refractivity contribution in [2.24, 2.45) is 0 Å². The normalized spacial score (nSPS) is 18.1. The van der Waals surface area contributed by atoms with Crippen LogP contribution in [0.3, 0.4) is 0 Å². The number of amides is 1. The van der Waals surface area contributed by atoms with Crippen molar-refractivity contribution >= 4 is 5.91 Å². The zero-order valence-corrected chi connectivity index (χ0v) is 15.0. The minimum atomic E-state index is -0.624. The molecule has 1 heterocycles. The maximum Gasteiger partial charge on any atom is 0.251 e. The van der Waals surface area contributed by atoms with Gasteiger partial charge in [-0.1, -0.05) is 36.4 Å². The van der Waals surface area contributed by atoms with Crippen LogP contribution in [-0.4, -0.2) is 37.7 Å². The lowest BCUT2D eigenvalue weighted by molar-refractivity contribution is -0.132. The van der Waals surface area contributed by atoms with E-state index in [0.717, 1.165) is 29.7 Å². The second-order valence-electron chi connectivity index (χ2n) is 6.52. The first-order valence-electron chi connectivity index (χ1n) is 9.03. The van der Waals surface area contributed by atoms with E-state index in [0.29, 0.717) is 19.6 Å². The average Bonchev–Trinajstić information content (AvgIpc) is 2.98. The van der Waals surface area contributed by atoms with Crippen molar-refractivity contribution in [3.05, 3.63) is 59.9 Å². The zero-order chi connectivity index (χ0) is 19.1. The Balaban J connectivity index is 1.60. The van der Waals surface area contributed by atoms with Crippen LogP contribution >= 0.6 is 0 Å². The summed E-state index contributed by atoms with van der Waals surface area (Å²) in [4.78, 5) is 12.3. The number of nitrogens with zero attached hydrogens (tertiary/aromatic N) is 1. The van der Waals surface area contributed by atoms with Gasteiger partial charge in [0, 0.05) is 19.6 Å². The van der Waals surface area contributed by atoms with E-state index in [1.807, 2.05) is 24.3 Å². The summed E-state index contributed by atoms with van der Waals surface area (Å²) >= 11 is 0. The van der Waals surface area contributed by atoms with Crippen LogP contribution in [0.1, 0.15) is 12.0 Å². The van der Waals surface area contributed by atoms with Gasteiger partial charge in [-0.15, -0.1) is 0 Å². The third-order valence-electron chi connectivity index (χ3n) is 4.48. The van der Waals surface area contributed by atoms with Crippen LogP contribution < -0.4 is 10.6 Å². The first kappa shape index (κ1) is 19.0. The van der Waals surface area contributed by atoms with Crippen LogP contribution in [0.2, 0.25) is 0 Å². The maximum absolute atomic E-state index is 13.0. The molecule has 0 radical (unpaired) electrons. The second-order valence-corrected chi connectivity index (χ2v) is 6.52. The van der Waals surface area contributed by atoms with Gasteiger partial charge in [0.25, 0.3) is 5.91 Å². The van der Waals surface area contributed by atoms with Crippen LogP contribution in [0.5, 0.6) is 0 Å². The third-order valence-corrected chi connectivity index (χ3v) is 4.48. The molecule has 2 N–H and O–H groups in total. The van der Waals surface area contributed by atoms with E-state index >= 15 is 0 Å². The summed E-state index contributed by atoms with van der Waals surface area (Å²) in [7, 11) is 0. The first-order valence-corrected chi connectivity index (χ1v) is 9.03. The number of hydrogen-bond acceptors (Lipinski definition) is 4. The fraction of sp³-hybridized carbons (Fsp3) is 0.333. The highest BCUT2D eigenvalue weighted by Crippen LogP contribution is 2.20. The van der Waals surface area contributed by atoms with E-state index in [1.54, 1.807) is 12.1 Å². The van der Waals surface area contributed by atoms with E-state index in [1.165, 1.54) is 12.1 Å². The Morgan fingerprint density at radius 3 is 2.56 bits per heavy atom. The number of rotatable bonds is 5. The topological polar surface area (TPSA) is 74.2 Å². The Morgan fingerprint density at radius 1 is 1.22 bits per heavy atom. The lowest BCUT2D eigenvalue weighted by Gasteiger charge is -2.18. The van der Waals surface area contributed by atoms with E-state index in [9.17, 15) is 14.4 Å². The highest BCUT2D eigenvalue weighted by Gasteiger charge is 2.23. The van der Waals surface area contributed by atoms with Gasteiger partial charge in [-0.3, -0.25) is 4.79 Å². The van der Waals surface area contributed by atoms with Crippen molar-refractivity contribution in [2.75, 3.05) is 19.7 Å². The van der Waals surface area contributed by atoms with Crippen LogP contribution in [0, 0.1) is 17.1 Å². The molecular formula is C21H22FN3O2. The molecule has 1 aliphatic rings. The fourth-order valence-electron chi connectivity index (χ4n) is 2.99. The van der Waals surface area contributed by atoms with Gasteiger partial charge in [0.2, 0.25) is 0 Å². The first-order chi connectivity index (χ1) is 13.2. The molecule has 2 aromatic rings. The molecule has 1 amide bonds. The van der Waals surface area contributed by atoms with Gasteiger partial charge >= 0.3 is 0 Å². The van der Waals surface area contributed by atoms with Gasteiger partial charge in [0.1, 0.15) is 18.0 Å². The third kappa shape index (κ3) is 5.36. The van der Waals surface area contributed by atoms with E-state index < -0.39 is 12.1 Å². The Labute approximate surface area is 158 Å². The van der Waals surface area contributed by atoms with Gasteiger partial charge in [-0.2, -0.15) is 5.26 Å². The molecule has 5 nitrogen and oxygen atoms in total. The minimum absolute atomic E-state index is 0.265. The molecule has 0 spiro atoms. The summed E-state index contributed by atoms with van der Waals surface area (Å²) in [5.41, 5.74) is 2.83. The molecule has 1 fully saturated rings. The molecule has 0 saturated carbocycles. The number of carbonyl (C=O) groups excluding carboxylic acids is 1. The number of ether oxygens (including phenoxy) is 1. The molecule has 2 atom stereocenters. The smallest absolute Gasteiger partial charge is 0.251 e. The SMILES string of the molecule is N#C[C@H](Cc1ccc(-c2ccc(F)cc2)cc1)NC(=O)C1CNCCCO1. The lowest BCUT2D eigenvalue weighted by Crippen LogP contribution is -2.46. The Bertz CT molecular complexity index is 792. The van der Waals surface area contributed by atoms with Crippen molar-refractivity contribution in [3.8, 4) is 17.2 Å². The summed E-state index contributed by atoms with van der Waals surface area (Å²) in [6.07, 6.45) is 0.710. The summed E-state index contributed by atoms with van der Waals surface area (Å²) in [6, 6.07) is 15.5. The van der Waals surface area contributed by atoms with Gasteiger partial charge in [0.05, 0.1) is 6.07 Å². The highest BCUT2D eigenvalue weighted by molar-refractivity contribution is 5.81. The average molecular weight is 367 g/mol. The van der Waals surface area contributed by atoms with Crippen LogP contribution in [0.25, 0.3) is 11.1 Å². The number of nitrogens with one attached hydrogen (secondary N) is 2. The van der Waals surface area contributed by atoms with Crippen molar-refractivity contribution in [2.45, 2.75) is 25.0 Å². The lowest BCUT2D eigenvalue weighted by atomic mass is 10.0. The standard InChI is InChI=1S/C21H22FN3O2/c22-18-8-6-17(7-9-18)16-4-2-15(3-5-16)12-19(13-23)25-21(26)20-14-24-10-1-11-27-20/h2-9,19-20,24H,1,10-12,14H2,(H,25,26)/t19-,20?/m0/s1. The van der Waals surface area contributed by atoms with Crippen LogP contribution in [0.4, 0.5) is 4.39 Å². The number of benzene rings is 2. The van der Waals surface area contributed by atoms with Crippen molar-refractivity contribution in [3.63, 3.8) is 0 Å². The molecule has 2 aromatic carbocycles. The molecule has 1 aliphatic heterocycles. The van der Waals surface area contributed by atoms with Crippen LogP contribution in [-0.2, 0) is 16.0 Å². The van der Waals surface area contributed by atoms with Crippen molar-refractivity contribution in [1.82, 2.24) is 10.6 Å².